The highest BCUT2D eigenvalue weighted by atomic mass is 32.2. The molecule has 0 unspecified atom stereocenters. The second-order valence-corrected chi connectivity index (χ2v) is 8.64. The molecule has 0 saturated carbocycles. The summed E-state index contributed by atoms with van der Waals surface area (Å²) in [5.74, 6) is -0.287. The molecule has 1 aromatic heterocycles. The topological polar surface area (TPSA) is 108 Å². The summed E-state index contributed by atoms with van der Waals surface area (Å²) in [6, 6.07) is 5.42. The SMILES string of the molecule is CC(=O)N1CCCC[C@H]1CCS(=O)(=O)NCCC(=O)NCc1ccccn1. The van der Waals surface area contributed by atoms with Gasteiger partial charge in [0.15, 0.2) is 0 Å². The molecule has 1 saturated heterocycles. The van der Waals surface area contributed by atoms with Gasteiger partial charge in [-0.1, -0.05) is 6.07 Å². The standard InChI is InChI=1S/C18H28N4O4S/c1-15(23)22-12-5-3-7-17(22)9-13-27(25,26)21-11-8-18(24)20-14-16-6-2-4-10-19-16/h2,4,6,10,17,21H,3,5,7-9,11-14H2,1H3,(H,20,24)/t17-/m0/s1. The highest BCUT2D eigenvalue weighted by molar-refractivity contribution is 7.89. The molecule has 1 aliphatic heterocycles. The molecule has 1 fully saturated rings. The average Bonchev–Trinajstić information content (AvgIpc) is 2.65. The molecule has 9 heteroatoms. The molecule has 0 aromatic carbocycles. The van der Waals surface area contributed by atoms with E-state index in [4.69, 9.17) is 0 Å². The predicted molar refractivity (Wildman–Crippen MR) is 102 cm³/mol. The second-order valence-electron chi connectivity index (χ2n) is 6.71. The van der Waals surface area contributed by atoms with E-state index in [2.05, 4.69) is 15.0 Å². The molecule has 2 amide bonds. The first-order valence-corrected chi connectivity index (χ1v) is 10.9. The zero-order valence-corrected chi connectivity index (χ0v) is 16.5. The molecule has 8 nitrogen and oxygen atoms in total. The average molecular weight is 397 g/mol. The number of sulfonamides is 1. The molecule has 1 aliphatic rings. The number of aromatic nitrogens is 1. The van der Waals surface area contributed by atoms with Crippen molar-refractivity contribution in [2.45, 2.75) is 51.6 Å². The number of amides is 2. The van der Waals surface area contributed by atoms with E-state index in [1.807, 2.05) is 6.07 Å². The summed E-state index contributed by atoms with van der Waals surface area (Å²) in [5.41, 5.74) is 0.744. The van der Waals surface area contributed by atoms with Crippen molar-refractivity contribution in [3.05, 3.63) is 30.1 Å². The Hall–Kier alpha value is -2.00. The maximum Gasteiger partial charge on any atom is 0.221 e. The van der Waals surface area contributed by atoms with E-state index < -0.39 is 10.0 Å². The maximum absolute atomic E-state index is 12.2. The van der Waals surface area contributed by atoms with E-state index >= 15 is 0 Å². The molecule has 2 heterocycles. The van der Waals surface area contributed by atoms with Crippen LogP contribution in [0.3, 0.4) is 0 Å². The minimum Gasteiger partial charge on any atom is -0.350 e. The van der Waals surface area contributed by atoms with Gasteiger partial charge < -0.3 is 10.2 Å². The molecule has 0 radical (unpaired) electrons. The monoisotopic (exact) mass is 396 g/mol. The maximum atomic E-state index is 12.2. The Bertz CT molecular complexity index is 724. The number of nitrogens with one attached hydrogen (secondary N) is 2. The number of hydrogen-bond acceptors (Lipinski definition) is 5. The molecule has 150 valence electrons. The van der Waals surface area contributed by atoms with Crippen LogP contribution in [0, 0.1) is 0 Å². The molecular formula is C18H28N4O4S. The third-order valence-electron chi connectivity index (χ3n) is 4.62. The summed E-state index contributed by atoms with van der Waals surface area (Å²) in [4.78, 5) is 29.3. The minimum atomic E-state index is -3.47. The Morgan fingerprint density at radius 3 is 2.81 bits per heavy atom. The van der Waals surface area contributed by atoms with Crippen molar-refractivity contribution in [3.63, 3.8) is 0 Å². The fraction of sp³-hybridized carbons (Fsp3) is 0.611. The van der Waals surface area contributed by atoms with Gasteiger partial charge in [0.2, 0.25) is 21.8 Å². The molecule has 0 aliphatic carbocycles. The molecule has 0 bridgehead atoms. The zero-order chi connectivity index (χ0) is 19.7. The largest absolute Gasteiger partial charge is 0.350 e. The van der Waals surface area contributed by atoms with Crippen LogP contribution in [0.15, 0.2) is 24.4 Å². The Balaban J connectivity index is 1.68. The molecular weight excluding hydrogens is 368 g/mol. The summed E-state index contributed by atoms with van der Waals surface area (Å²) in [5, 5.41) is 2.71. The Morgan fingerprint density at radius 1 is 1.30 bits per heavy atom. The Kier molecular flexibility index (Phi) is 8.18. The number of carbonyl (C=O) groups is 2. The minimum absolute atomic E-state index is 0.00497. The fourth-order valence-electron chi connectivity index (χ4n) is 3.18. The van der Waals surface area contributed by atoms with Gasteiger partial charge in [0, 0.05) is 38.7 Å². The van der Waals surface area contributed by atoms with Crippen molar-refractivity contribution in [3.8, 4) is 0 Å². The van der Waals surface area contributed by atoms with Gasteiger partial charge in [-0.2, -0.15) is 0 Å². The summed E-state index contributed by atoms with van der Waals surface area (Å²) in [6.07, 6.45) is 4.95. The van der Waals surface area contributed by atoms with Gasteiger partial charge in [0.05, 0.1) is 18.0 Å². The summed E-state index contributed by atoms with van der Waals surface area (Å²) < 4.78 is 26.8. The van der Waals surface area contributed by atoms with Gasteiger partial charge >= 0.3 is 0 Å². The Labute approximate surface area is 160 Å². The van der Waals surface area contributed by atoms with Crippen molar-refractivity contribution >= 4 is 21.8 Å². The number of nitrogens with zero attached hydrogens (tertiary/aromatic N) is 2. The van der Waals surface area contributed by atoms with Crippen LogP contribution in [0.25, 0.3) is 0 Å². The smallest absolute Gasteiger partial charge is 0.221 e. The summed E-state index contributed by atoms with van der Waals surface area (Å²) in [7, 11) is -3.47. The van der Waals surface area contributed by atoms with Gasteiger partial charge in [0.1, 0.15) is 0 Å². The van der Waals surface area contributed by atoms with Crippen LogP contribution in [-0.2, 0) is 26.2 Å². The van der Waals surface area contributed by atoms with E-state index in [1.165, 1.54) is 6.92 Å². The van der Waals surface area contributed by atoms with E-state index in [-0.39, 0.29) is 36.6 Å². The highest BCUT2D eigenvalue weighted by Gasteiger charge is 2.25. The molecule has 2 rings (SSSR count). The lowest BCUT2D eigenvalue weighted by Crippen LogP contribution is -2.44. The van der Waals surface area contributed by atoms with Crippen LogP contribution in [0.2, 0.25) is 0 Å². The van der Waals surface area contributed by atoms with E-state index in [1.54, 1.807) is 23.2 Å². The van der Waals surface area contributed by atoms with Crippen LogP contribution in [0.4, 0.5) is 0 Å². The van der Waals surface area contributed by atoms with Gasteiger partial charge in [-0.25, -0.2) is 13.1 Å². The van der Waals surface area contributed by atoms with Gasteiger partial charge in [-0.3, -0.25) is 14.6 Å². The van der Waals surface area contributed by atoms with Crippen LogP contribution in [0.5, 0.6) is 0 Å². The number of carbonyl (C=O) groups excluding carboxylic acids is 2. The first kappa shape index (κ1) is 21.3. The number of pyridine rings is 1. The zero-order valence-electron chi connectivity index (χ0n) is 15.7. The van der Waals surface area contributed by atoms with Crippen LogP contribution in [0.1, 0.15) is 44.7 Å². The van der Waals surface area contributed by atoms with Crippen molar-refractivity contribution in [1.29, 1.82) is 0 Å². The third kappa shape index (κ3) is 7.64. The molecule has 0 spiro atoms. The van der Waals surface area contributed by atoms with Gasteiger partial charge in [0.25, 0.3) is 0 Å². The van der Waals surface area contributed by atoms with Crippen molar-refractivity contribution in [2.75, 3.05) is 18.8 Å². The van der Waals surface area contributed by atoms with Crippen LogP contribution < -0.4 is 10.0 Å². The Morgan fingerprint density at radius 2 is 2.11 bits per heavy atom. The second kappa shape index (κ2) is 10.4. The molecule has 27 heavy (non-hydrogen) atoms. The van der Waals surface area contributed by atoms with Crippen LogP contribution in [-0.4, -0.2) is 55.0 Å². The third-order valence-corrected chi connectivity index (χ3v) is 6.04. The number of rotatable bonds is 9. The first-order chi connectivity index (χ1) is 12.9. The number of likely N-dealkylation sites (tertiary alicyclic amines) is 1. The van der Waals surface area contributed by atoms with Gasteiger partial charge in [-0.05, 0) is 37.8 Å². The quantitative estimate of drug-likeness (QED) is 0.642. The van der Waals surface area contributed by atoms with E-state index in [0.29, 0.717) is 19.5 Å². The summed E-state index contributed by atoms with van der Waals surface area (Å²) >= 11 is 0. The van der Waals surface area contributed by atoms with Crippen LogP contribution >= 0.6 is 0 Å². The fourth-order valence-corrected chi connectivity index (χ4v) is 4.32. The molecule has 1 aromatic rings. The lowest BCUT2D eigenvalue weighted by molar-refractivity contribution is -0.132. The predicted octanol–water partition coefficient (Wildman–Crippen LogP) is 0.798. The first-order valence-electron chi connectivity index (χ1n) is 9.28. The lowest BCUT2D eigenvalue weighted by atomic mass is 10.00. The normalized spacial score (nSPS) is 17.5. The molecule has 1 atom stereocenters. The number of piperidine rings is 1. The van der Waals surface area contributed by atoms with Crippen molar-refractivity contribution < 1.29 is 18.0 Å². The molecule has 2 N–H and O–H groups in total. The highest BCUT2D eigenvalue weighted by Crippen LogP contribution is 2.20. The van der Waals surface area contributed by atoms with Crippen molar-refractivity contribution in [1.82, 2.24) is 19.9 Å². The number of hydrogen-bond donors (Lipinski definition) is 2. The van der Waals surface area contributed by atoms with Gasteiger partial charge in [-0.15, -0.1) is 0 Å². The van der Waals surface area contributed by atoms with E-state index in [9.17, 15) is 18.0 Å². The van der Waals surface area contributed by atoms with E-state index in [0.717, 1.165) is 25.0 Å². The van der Waals surface area contributed by atoms with Crippen molar-refractivity contribution in [2.24, 2.45) is 0 Å². The summed E-state index contributed by atoms with van der Waals surface area (Å²) in [6.45, 7) is 2.59. The lowest BCUT2D eigenvalue weighted by Gasteiger charge is -2.35.